The minimum Gasteiger partial charge on any atom is -0.386 e. The Hall–Kier alpha value is -3.91. The van der Waals surface area contributed by atoms with Crippen LogP contribution in [0.1, 0.15) is 54.4 Å². The van der Waals surface area contributed by atoms with Crippen molar-refractivity contribution < 1.29 is 9.59 Å². The number of carbonyl (C=O) groups is 2. The molecule has 198 valence electrons. The van der Waals surface area contributed by atoms with Gasteiger partial charge in [-0.25, -0.2) is 4.98 Å². The zero-order valence-electron chi connectivity index (χ0n) is 21.6. The van der Waals surface area contributed by atoms with Crippen molar-refractivity contribution in [3.63, 3.8) is 0 Å². The molecule has 2 amide bonds. The van der Waals surface area contributed by atoms with E-state index >= 15 is 0 Å². The first-order valence-electron chi connectivity index (χ1n) is 12.8. The number of rotatable bonds is 11. The van der Waals surface area contributed by atoms with E-state index in [4.69, 9.17) is 22.3 Å². The normalized spacial score (nSPS) is 12.7. The maximum atomic E-state index is 13.5. The first kappa shape index (κ1) is 27.1. The van der Waals surface area contributed by atoms with Crippen molar-refractivity contribution in [1.82, 2.24) is 20.6 Å². The van der Waals surface area contributed by atoms with Crippen LogP contribution in [0.25, 0.3) is 21.8 Å². The van der Waals surface area contributed by atoms with Crippen LogP contribution in [0.4, 0.5) is 0 Å². The molecule has 0 radical (unpaired) electrons. The minimum atomic E-state index is -0.762. The number of amidine groups is 1. The number of nitrogens with one attached hydrogen (secondary N) is 3. The van der Waals surface area contributed by atoms with Crippen LogP contribution in [-0.2, 0) is 11.3 Å². The fourth-order valence-electron chi connectivity index (χ4n) is 4.37. The second-order valence-electron chi connectivity index (χ2n) is 9.52. The number of para-hydroxylation sites is 1. The standard InChI is InChI=1S/C29H33ClN6O2/c1-18(2)26-27-21(20-11-6-7-12-22(20)34-27)15-24(35-26)29(38)36-23(13-8-14-32-25(31)16-30)28(37)33-17-19-9-4-3-5-10-19/h3-7,9-12,15,18,23,34H,8,13-14,16-17H2,1-2H3,(H2,31,32)(H,33,37)(H,36,38)/t23-/m0/s1. The van der Waals surface area contributed by atoms with Crippen molar-refractivity contribution in [2.24, 2.45) is 10.7 Å². The molecule has 0 aliphatic rings. The van der Waals surface area contributed by atoms with Gasteiger partial charge in [-0.1, -0.05) is 62.4 Å². The van der Waals surface area contributed by atoms with Crippen LogP contribution < -0.4 is 16.4 Å². The van der Waals surface area contributed by atoms with Crippen LogP contribution in [0.3, 0.4) is 0 Å². The van der Waals surface area contributed by atoms with Gasteiger partial charge in [-0.05, 0) is 36.5 Å². The second kappa shape index (κ2) is 12.6. The number of nitrogens with zero attached hydrogens (tertiary/aromatic N) is 2. The van der Waals surface area contributed by atoms with E-state index in [1.807, 2.05) is 68.4 Å². The fraction of sp³-hybridized carbons (Fsp3) is 0.310. The molecule has 8 nitrogen and oxygen atoms in total. The molecule has 4 rings (SSSR count). The highest BCUT2D eigenvalue weighted by molar-refractivity contribution is 6.27. The number of amides is 2. The van der Waals surface area contributed by atoms with Crippen LogP contribution in [0.2, 0.25) is 0 Å². The summed E-state index contributed by atoms with van der Waals surface area (Å²) in [7, 11) is 0. The number of aromatic nitrogens is 2. The van der Waals surface area contributed by atoms with Gasteiger partial charge in [-0.3, -0.25) is 14.6 Å². The second-order valence-corrected chi connectivity index (χ2v) is 9.79. The number of H-pyrrole nitrogens is 1. The lowest BCUT2D eigenvalue weighted by molar-refractivity contribution is -0.123. The van der Waals surface area contributed by atoms with Gasteiger partial charge in [0, 0.05) is 29.4 Å². The number of aromatic amines is 1. The Kier molecular flexibility index (Phi) is 8.97. The molecule has 0 unspecified atom stereocenters. The fourth-order valence-corrected chi connectivity index (χ4v) is 4.46. The third-order valence-corrected chi connectivity index (χ3v) is 6.61. The summed E-state index contributed by atoms with van der Waals surface area (Å²) < 4.78 is 0. The van der Waals surface area contributed by atoms with E-state index in [0.29, 0.717) is 31.8 Å². The molecule has 0 spiro atoms. The summed E-state index contributed by atoms with van der Waals surface area (Å²) in [6.45, 7) is 4.86. The third-order valence-electron chi connectivity index (χ3n) is 6.34. The van der Waals surface area contributed by atoms with Crippen LogP contribution in [-0.4, -0.2) is 46.1 Å². The van der Waals surface area contributed by atoms with Gasteiger partial charge in [0.05, 0.1) is 17.1 Å². The predicted molar refractivity (Wildman–Crippen MR) is 154 cm³/mol. The van der Waals surface area contributed by atoms with Crippen LogP contribution >= 0.6 is 11.6 Å². The number of benzene rings is 2. The lowest BCUT2D eigenvalue weighted by Gasteiger charge is -2.19. The number of aliphatic imine (C=N–C) groups is 1. The maximum absolute atomic E-state index is 13.5. The Morgan fingerprint density at radius 2 is 1.82 bits per heavy atom. The number of hydrogen-bond acceptors (Lipinski definition) is 4. The van der Waals surface area contributed by atoms with Crippen molar-refractivity contribution in [2.45, 2.75) is 45.2 Å². The first-order valence-corrected chi connectivity index (χ1v) is 13.3. The van der Waals surface area contributed by atoms with E-state index < -0.39 is 11.9 Å². The van der Waals surface area contributed by atoms with Crippen molar-refractivity contribution in [2.75, 3.05) is 12.4 Å². The number of nitrogens with two attached hydrogens (primary N) is 1. The number of alkyl halides is 1. The monoisotopic (exact) mass is 532 g/mol. The number of carbonyl (C=O) groups excluding carboxylic acids is 2. The zero-order chi connectivity index (χ0) is 27.1. The summed E-state index contributed by atoms with van der Waals surface area (Å²) >= 11 is 5.70. The molecular weight excluding hydrogens is 500 g/mol. The Morgan fingerprint density at radius 1 is 1.08 bits per heavy atom. The molecule has 2 aromatic heterocycles. The van der Waals surface area contributed by atoms with E-state index in [1.165, 1.54) is 0 Å². The van der Waals surface area contributed by atoms with Gasteiger partial charge in [0.2, 0.25) is 5.91 Å². The van der Waals surface area contributed by atoms with E-state index in [-0.39, 0.29) is 23.4 Å². The Labute approximate surface area is 227 Å². The molecular formula is C29H33ClN6O2. The lowest BCUT2D eigenvalue weighted by Crippen LogP contribution is -2.46. The largest absolute Gasteiger partial charge is 0.386 e. The highest BCUT2D eigenvalue weighted by atomic mass is 35.5. The van der Waals surface area contributed by atoms with Gasteiger partial charge in [-0.15, -0.1) is 11.6 Å². The highest BCUT2D eigenvalue weighted by Crippen LogP contribution is 2.30. The summed E-state index contributed by atoms with van der Waals surface area (Å²) in [6, 6.07) is 18.6. The molecule has 2 heterocycles. The quantitative estimate of drug-likeness (QED) is 0.0972. The molecule has 0 aliphatic carbocycles. The van der Waals surface area contributed by atoms with Gasteiger partial charge in [0.1, 0.15) is 17.6 Å². The predicted octanol–water partition coefficient (Wildman–Crippen LogP) is 4.63. The van der Waals surface area contributed by atoms with Crippen molar-refractivity contribution >= 4 is 51.1 Å². The van der Waals surface area contributed by atoms with Crippen molar-refractivity contribution in [1.29, 1.82) is 0 Å². The maximum Gasteiger partial charge on any atom is 0.270 e. The average Bonchev–Trinajstić information content (AvgIpc) is 3.31. The topological polar surface area (TPSA) is 125 Å². The number of hydrogen-bond donors (Lipinski definition) is 4. The molecule has 1 atom stereocenters. The molecule has 0 fully saturated rings. The minimum absolute atomic E-state index is 0.0912. The summed E-state index contributed by atoms with van der Waals surface area (Å²) in [5.74, 6) is -0.0824. The molecule has 5 N–H and O–H groups in total. The highest BCUT2D eigenvalue weighted by Gasteiger charge is 2.23. The van der Waals surface area contributed by atoms with Crippen LogP contribution in [0, 0.1) is 0 Å². The Balaban J connectivity index is 1.57. The third kappa shape index (κ3) is 6.50. The van der Waals surface area contributed by atoms with E-state index in [0.717, 1.165) is 33.1 Å². The molecule has 2 aromatic carbocycles. The Morgan fingerprint density at radius 3 is 2.55 bits per heavy atom. The molecule has 0 bridgehead atoms. The molecule has 4 aromatic rings. The van der Waals surface area contributed by atoms with Crippen molar-refractivity contribution in [3.8, 4) is 0 Å². The SMILES string of the molecule is CC(C)c1nc(C(=O)N[C@@H](CCCN=C(N)CCl)C(=O)NCc2ccccc2)cc2c1[nH]c1ccccc12. The lowest BCUT2D eigenvalue weighted by atomic mass is 10.0. The zero-order valence-corrected chi connectivity index (χ0v) is 22.4. The number of pyridine rings is 1. The van der Waals surface area contributed by atoms with E-state index in [1.54, 1.807) is 6.07 Å². The van der Waals surface area contributed by atoms with Crippen LogP contribution in [0.15, 0.2) is 65.7 Å². The summed E-state index contributed by atoms with van der Waals surface area (Å²) in [6.07, 6.45) is 0.936. The number of fused-ring (bicyclic) bond motifs is 3. The summed E-state index contributed by atoms with van der Waals surface area (Å²) in [5.41, 5.74) is 9.65. The summed E-state index contributed by atoms with van der Waals surface area (Å²) in [4.78, 5) is 39.0. The van der Waals surface area contributed by atoms with Gasteiger partial charge in [0.25, 0.3) is 5.91 Å². The summed E-state index contributed by atoms with van der Waals surface area (Å²) in [5, 5.41) is 7.80. The van der Waals surface area contributed by atoms with E-state index in [9.17, 15) is 9.59 Å². The molecule has 0 aliphatic heterocycles. The Bertz CT molecular complexity index is 1450. The van der Waals surface area contributed by atoms with Gasteiger partial charge >= 0.3 is 0 Å². The van der Waals surface area contributed by atoms with E-state index in [2.05, 4.69) is 20.6 Å². The average molecular weight is 533 g/mol. The first-order chi connectivity index (χ1) is 18.4. The smallest absolute Gasteiger partial charge is 0.270 e. The van der Waals surface area contributed by atoms with Gasteiger partial charge in [0.15, 0.2) is 0 Å². The van der Waals surface area contributed by atoms with Gasteiger partial charge < -0.3 is 21.4 Å². The van der Waals surface area contributed by atoms with Crippen LogP contribution in [0.5, 0.6) is 0 Å². The molecule has 0 saturated carbocycles. The van der Waals surface area contributed by atoms with Crippen molar-refractivity contribution in [3.05, 3.63) is 77.6 Å². The number of halogens is 1. The molecule has 0 saturated heterocycles. The molecule has 38 heavy (non-hydrogen) atoms. The molecule has 9 heteroatoms. The van der Waals surface area contributed by atoms with Gasteiger partial charge in [-0.2, -0.15) is 0 Å².